The van der Waals surface area contributed by atoms with E-state index >= 15 is 0 Å². The zero-order valence-corrected chi connectivity index (χ0v) is 20.2. The van der Waals surface area contributed by atoms with Gasteiger partial charge in [-0.1, -0.05) is 0 Å². The number of hydrogen-bond acceptors (Lipinski definition) is 15. The van der Waals surface area contributed by atoms with Gasteiger partial charge < -0.3 is 30.6 Å². The molecule has 0 radical (unpaired) electrons. The lowest BCUT2D eigenvalue weighted by molar-refractivity contribution is -0.141. The van der Waals surface area contributed by atoms with Gasteiger partial charge in [0.1, 0.15) is 0 Å². The summed E-state index contributed by atoms with van der Waals surface area (Å²) in [7, 11) is -14.3. The first kappa shape index (κ1) is 31.3. The average molecular weight is 585 g/mol. The van der Waals surface area contributed by atoms with Crippen molar-refractivity contribution in [2.75, 3.05) is 39.6 Å². The van der Waals surface area contributed by atoms with Crippen molar-refractivity contribution < 1.29 is 86.5 Å². The van der Waals surface area contributed by atoms with Crippen molar-refractivity contribution in [2.24, 2.45) is 13.5 Å². The Bertz CT molecular complexity index is 869. The van der Waals surface area contributed by atoms with Gasteiger partial charge in [-0.3, -0.25) is 27.1 Å². The smallest absolute Gasteiger partial charge is 0.350 e. The van der Waals surface area contributed by atoms with Crippen LogP contribution in [0.2, 0.25) is 0 Å². The molecular weight excluding hydrogens is 567 g/mol. The van der Waals surface area contributed by atoms with Gasteiger partial charge in [-0.05, 0) is 0 Å². The van der Waals surface area contributed by atoms with E-state index in [1.165, 1.54) is 0 Å². The molecule has 6 N–H and O–H groups in total. The van der Waals surface area contributed by atoms with Crippen LogP contribution in [0.25, 0.3) is 0 Å². The first-order valence-corrected chi connectivity index (χ1v) is 13.3. The van der Waals surface area contributed by atoms with E-state index in [4.69, 9.17) is 57.8 Å². The van der Waals surface area contributed by atoms with Crippen LogP contribution >= 0.6 is 23.0 Å². The molecule has 204 valence electrons. The van der Waals surface area contributed by atoms with E-state index in [9.17, 15) is 28.8 Å². The molecule has 0 aromatic carbocycles. The third kappa shape index (κ3) is 10.9. The Morgan fingerprint density at radius 3 is 0.639 bits per heavy atom. The third-order valence-electron chi connectivity index (χ3n) is 2.82. The van der Waals surface area contributed by atoms with Gasteiger partial charge >= 0.3 is 58.8 Å². The maximum absolute atomic E-state index is 11.1. The fraction of sp³-hybridized carbons (Fsp3) is 0.500. The molecule has 24 heteroatoms. The highest BCUT2D eigenvalue weighted by Gasteiger charge is 2.45. The second-order valence-electron chi connectivity index (χ2n) is 5.74. The molecular formula is C12H18N3O18P3. The molecule has 1 aliphatic rings. The summed E-state index contributed by atoms with van der Waals surface area (Å²) >= 11 is 0. The minimum Gasteiger partial charge on any atom is -0.480 e. The molecule has 1 aliphatic heterocycles. The second-order valence-corrected chi connectivity index (χ2v) is 12.4. The Labute approximate surface area is 199 Å². The number of carboxylic acids is 6. The lowest BCUT2D eigenvalue weighted by Gasteiger charge is -2.32. The molecule has 0 aliphatic carbocycles. The molecule has 0 bridgehead atoms. The topological polar surface area (TPSA) is 316 Å². The predicted octanol–water partition coefficient (Wildman–Crippen LogP) is 0.446. The number of hydrogen-bond donors (Lipinski definition) is 6. The van der Waals surface area contributed by atoms with Gasteiger partial charge in [-0.25, -0.2) is 28.8 Å². The van der Waals surface area contributed by atoms with Crippen molar-refractivity contribution in [1.29, 1.82) is 0 Å². The summed E-state index contributed by atoms with van der Waals surface area (Å²) in [6, 6.07) is 0. The lowest BCUT2D eigenvalue weighted by Crippen LogP contribution is -2.16. The molecule has 0 atom stereocenters. The molecule has 0 unspecified atom stereocenters. The average Bonchev–Trinajstić information content (AvgIpc) is 2.76. The molecule has 36 heavy (non-hydrogen) atoms. The minimum atomic E-state index is -4.76. The SMILES string of the molecule is O=C(O)COP1(OCC(=O)O)=NP(OCC(=O)O)(OCC(=O)O)=NP(OCC(=O)O)(OCC(=O)O)=N1. The van der Waals surface area contributed by atoms with Gasteiger partial charge in [0.05, 0.1) is 0 Å². The van der Waals surface area contributed by atoms with Crippen LogP contribution < -0.4 is 0 Å². The highest BCUT2D eigenvalue weighted by atomic mass is 31.3. The van der Waals surface area contributed by atoms with E-state index in [2.05, 4.69) is 13.5 Å². The summed E-state index contributed by atoms with van der Waals surface area (Å²) in [4.78, 5) is 66.6. The van der Waals surface area contributed by atoms with E-state index in [1.54, 1.807) is 0 Å². The second kappa shape index (κ2) is 13.5. The van der Waals surface area contributed by atoms with Gasteiger partial charge in [-0.15, -0.1) is 13.5 Å². The zero-order valence-electron chi connectivity index (χ0n) is 17.5. The highest BCUT2D eigenvalue weighted by Crippen LogP contribution is 2.80. The summed E-state index contributed by atoms with van der Waals surface area (Å²) in [5.74, 6) is -10.1. The fourth-order valence-corrected chi connectivity index (χ4v) is 10.9. The Balaban J connectivity index is 4.01. The van der Waals surface area contributed by atoms with Crippen LogP contribution in [0.5, 0.6) is 0 Å². The summed E-state index contributed by atoms with van der Waals surface area (Å²) in [6.07, 6.45) is 0. The van der Waals surface area contributed by atoms with E-state index in [0.29, 0.717) is 0 Å². The van der Waals surface area contributed by atoms with Crippen LogP contribution in [0.4, 0.5) is 0 Å². The Kier molecular flexibility index (Phi) is 11.8. The van der Waals surface area contributed by atoms with Crippen LogP contribution in [0, 0.1) is 0 Å². The van der Waals surface area contributed by atoms with E-state index in [0.717, 1.165) is 0 Å². The van der Waals surface area contributed by atoms with Crippen molar-refractivity contribution in [2.45, 2.75) is 0 Å². The van der Waals surface area contributed by atoms with Crippen LogP contribution in [0.1, 0.15) is 0 Å². The minimum absolute atomic E-state index is 1.31. The molecule has 0 aromatic rings. The molecule has 0 saturated carbocycles. The first-order valence-electron chi connectivity index (χ1n) is 8.72. The maximum atomic E-state index is 11.1. The number of nitrogens with zero attached hydrogens (tertiary/aromatic N) is 3. The lowest BCUT2D eigenvalue weighted by atomic mass is 10.8. The Morgan fingerprint density at radius 2 is 0.528 bits per heavy atom. The molecule has 0 aromatic heterocycles. The fourth-order valence-electron chi connectivity index (χ4n) is 1.74. The van der Waals surface area contributed by atoms with Crippen LogP contribution in [-0.4, -0.2) is 106 Å². The normalized spacial score (nSPS) is 17.0. The third-order valence-corrected chi connectivity index (χ3v) is 11.0. The molecule has 0 spiro atoms. The number of aliphatic carboxylic acids is 6. The van der Waals surface area contributed by atoms with E-state index in [-0.39, 0.29) is 0 Å². The van der Waals surface area contributed by atoms with Gasteiger partial charge in [0.2, 0.25) is 0 Å². The Hall–Kier alpha value is -2.73. The van der Waals surface area contributed by atoms with Crippen LogP contribution in [0.3, 0.4) is 0 Å². The maximum Gasteiger partial charge on any atom is 0.350 e. The molecule has 1 heterocycles. The monoisotopic (exact) mass is 585 g/mol. The van der Waals surface area contributed by atoms with Crippen molar-refractivity contribution >= 4 is 58.8 Å². The number of carbonyl (C=O) groups is 6. The van der Waals surface area contributed by atoms with Crippen molar-refractivity contribution in [3.8, 4) is 0 Å². The first-order chi connectivity index (χ1) is 16.6. The van der Waals surface area contributed by atoms with Crippen molar-refractivity contribution in [3.63, 3.8) is 0 Å². The molecule has 21 nitrogen and oxygen atoms in total. The van der Waals surface area contributed by atoms with E-state index in [1.807, 2.05) is 0 Å². The van der Waals surface area contributed by atoms with Gasteiger partial charge in [-0.2, -0.15) is 0 Å². The summed E-state index contributed by atoms with van der Waals surface area (Å²) in [6.45, 7) is -7.86. The standard InChI is InChI=1S/C12H18N3O18P3/c16-7(17)1-28-34(29-2-8(18)19)13-35(30-3-9(20)21,31-4-10(22)23)15-36(14-34,32-5-11(24)25)33-6-12(26)27/h1-6H2,(H,16,17)(H,18,19)(H,20,21)(H,22,23)(H,24,25)(H,26,27). The quantitative estimate of drug-likeness (QED) is 0.119. The van der Waals surface area contributed by atoms with Gasteiger partial charge in [0.15, 0.2) is 39.6 Å². The summed E-state index contributed by atoms with van der Waals surface area (Å²) < 4.78 is 41.1. The predicted molar refractivity (Wildman–Crippen MR) is 110 cm³/mol. The summed E-state index contributed by atoms with van der Waals surface area (Å²) in [5.41, 5.74) is 0. The molecule has 0 amide bonds. The number of carboxylic acid groups (broad SMARTS) is 6. The van der Waals surface area contributed by atoms with E-state index < -0.39 is 98.4 Å². The van der Waals surface area contributed by atoms with Crippen molar-refractivity contribution in [3.05, 3.63) is 0 Å². The molecule has 0 fully saturated rings. The molecule has 1 rings (SSSR count). The number of rotatable bonds is 18. The van der Waals surface area contributed by atoms with Crippen LogP contribution in [0.15, 0.2) is 13.5 Å². The van der Waals surface area contributed by atoms with Gasteiger partial charge in [0, 0.05) is 0 Å². The van der Waals surface area contributed by atoms with Gasteiger partial charge in [0.25, 0.3) is 0 Å². The largest absolute Gasteiger partial charge is 0.480 e. The zero-order chi connectivity index (χ0) is 27.6. The highest BCUT2D eigenvalue weighted by molar-refractivity contribution is 7.78. The Morgan fingerprint density at radius 1 is 0.389 bits per heavy atom. The van der Waals surface area contributed by atoms with Crippen LogP contribution in [-0.2, 0) is 55.9 Å². The summed E-state index contributed by atoms with van der Waals surface area (Å²) in [5, 5.41) is 54.0. The molecule has 0 saturated heterocycles. The van der Waals surface area contributed by atoms with Crippen molar-refractivity contribution in [1.82, 2.24) is 0 Å².